The van der Waals surface area contributed by atoms with Gasteiger partial charge in [0.15, 0.2) is 5.76 Å². The fraction of sp³-hybridized carbons (Fsp3) is 0.722. The molecule has 2 aliphatic heterocycles. The van der Waals surface area contributed by atoms with Gasteiger partial charge >= 0.3 is 0 Å². The molecule has 0 radical (unpaired) electrons. The van der Waals surface area contributed by atoms with E-state index in [9.17, 15) is 4.79 Å². The van der Waals surface area contributed by atoms with Gasteiger partial charge in [0.2, 0.25) is 0 Å². The summed E-state index contributed by atoms with van der Waals surface area (Å²) in [5.74, 6) is 0.380. The van der Waals surface area contributed by atoms with Crippen molar-refractivity contribution in [3.05, 3.63) is 24.2 Å². The molecule has 1 aromatic heterocycles. The number of fused-ring (bicyclic) bond motifs is 1. The molecule has 2 fully saturated rings. The Labute approximate surface area is 143 Å². The van der Waals surface area contributed by atoms with Crippen molar-refractivity contribution in [3.63, 3.8) is 0 Å². The van der Waals surface area contributed by atoms with Crippen LogP contribution in [0.1, 0.15) is 29.8 Å². The molecule has 0 unspecified atom stereocenters. The summed E-state index contributed by atoms with van der Waals surface area (Å²) >= 11 is 0. The van der Waals surface area contributed by atoms with Crippen molar-refractivity contribution < 1.29 is 18.7 Å². The van der Waals surface area contributed by atoms with Crippen LogP contribution in [0.5, 0.6) is 0 Å². The Balaban J connectivity index is 1.66. The molecule has 0 N–H and O–H groups in total. The summed E-state index contributed by atoms with van der Waals surface area (Å²) in [5.41, 5.74) is -0.0922. The second-order valence-electron chi connectivity index (χ2n) is 7.17. The first-order valence-electron chi connectivity index (χ1n) is 8.78. The second-order valence-corrected chi connectivity index (χ2v) is 7.17. The zero-order valence-corrected chi connectivity index (χ0v) is 14.7. The van der Waals surface area contributed by atoms with E-state index in [1.54, 1.807) is 18.4 Å². The molecule has 0 bridgehead atoms. The van der Waals surface area contributed by atoms with E-state index in [-0.39, 0.29) is 17.4 Å². The molecule has 0 saturated carbocycles. The minimum atomic E-state index is -0.0922. The Morgan fingerprint density at radius 2 is 2.38 bits per heavy atom. The van der Waals surface area contributed by atoms with Gasteiger partial charge in [-0.2, -0.15) is 0 Å². The Bertz CT molecular complexity index is 531. The van der Waals surface area contributed by atoms with E-state index in [0.29, 0.717) is 32.1 Å². The van der Waals surface area contributed by atoms with Gasteiger partial charge in [0.1, 0.15) is 0 Å². The number of rotatable bonds is 6. The van der Waals surface area contributed by atoms with Crippen LogP contribution in [0.25, 0.3) is 0 Å². The molecule has 0 spiro atoms. The molecule has 0 aromatic carbocycles. The van der Waals surface area contributed by atoms with E-state index in [1.165, 1.54) is 0 Å². The quantitative estimate of drug-likeness (QED) is 0.742. The molecular formula is C18H28N2O4. The molecule has 3 heterocycles. The number of carbonyl (C=O) groups is 1. The first kappa shape index (κ1) is 17.5. The molecule has 2 atom stereocenters. The number of hydrogen-bond acceptors (Lipinski definition) is 5. The maximum atomic E-state index is 12.6. The van der Waals surface area contributed by atoms with Gasteiger partial charge in [-0.25, -0.2) is 0 Å². The van der Waals surface area contributed by atoms with Crippen LogP contribution in [0.4, 0.5) is 0 Å². The maximum Gasteiger partial charge on any atom is 0.289 e. The summed E-state index contributed by atoms with van der Waals surface area (Å²) in [7, 11) is 4.08. The Morgan fingerprint density at radius 3 is 3.12 bits per heavy atom. The van der Waals surface area contributed by atoms with Gasteiger partial charge in [0.25, 0.3) is 5.91 Å². The highest BCUT2D eigenvalue weighted by Crippen LogP contribution is 2.40. The van der Waals surface area contributed by atoms with E-state index in [0.717, 1.165) is 32.4 Å². The number of hydrogen-bond donors (Lipinski definition) is 0. The summed E-state index contributed by atoms with van der Waals surface area (Å²) in [6.45, 7) is 4.46. The first-order chi connectivity index (χ1) is 11.6. The molecular weight excluding hydrogens is 308 g/mol. The number of amides is 1. The first-order valence-corrected chi connectivity index (χ1v) is 8.78. The maximum absolute atomic E-state index is 12.6. The lowest BCUT2D eigenvalue weighted by molar-refractivity contribution is -0.147. The monoisotopic (exact) mass is 336 g/mol. The fourth-order valence-corrected chi connectivity index (χ4v) is 3.75. The van der Waals surface area contributed by atoms with E-state index in [2.05, 4.69) is 4.90 Å². The Kier molecular flexibility index (Phi) is 5.58. The van der Waals surface area contributed by atoms with Crippen molar-refractivity contribution in [2.45, 2.75) is 25.4 Å². The SMILES string of the molecule is CN(C)CCOC[C@]12CCCO[C@@H]1CCN(C(=O)c1ccco1)C2. The molecule has 1 amide bonds. The number of furan rings is 1. The molecule has 0 aliphatic carbocycles. The highest BCUT2D eigenvalue weighted by Gasteiger charge is 2.47. The molecule has 1 aromatic rings. The number of ether oxygens (including phenoxy) is 2. The molecule has 6 nitrogen and oxygen atoms in total. The van der Waals surface area contributed by atoms with Crippen LogP contribution in [0.3, 0.4) is 0 Å². The van der Waals surface area contributed by atoms with E-state index in [1.807, 2.05) is 19.0 Å². The van der Waals surface area contributed by atoms with Crippen LogP contribution >= 0.6 is 0 Å². The van der Waals surface area contributed by atoms with Crippen LogP contribution < -0.4 is 0 Å². The second kappa shape index (κ2) is 7.68. The van der Waals surface area contributed by atoms with Gasteiger partial charge in [-0.1, -0.05) is 0 Å². The zero-order valence-electron chi connectivity index (χ0n) is 14.7. The lowest BCUT2D eigenvalue weighted by Crippen LogP contribution is -2.58. The van der Waals surface area contributed by atoms with Gasteiger partial charge in [-0.05, 0) is 45.5 Å². The van der Waals surface area contributed by atoms with Crippen LogP contribution in [0.15, 0.2) is 22.8 Å². The van der Waals surface area contributed by atoms with E-state index < -0.39 is 0 Å². The summed E-state index contributed by atoms with van der Waals surface area (Å²) < 4.78 is 17.3. The molecule has 6 heteroatoms. The van der Waals surface area contributed by atoms with E-state index in [4.69, 9.17) is 13.9 Å². The summed E-state index contributed by atoms with van der Waals surface area (Å²) in [6.07, 6.45) is 4.66. The Morgan fingerprint density at radius 1 is 1.50 bits per heavy atom. The zero-order chi connectivity index (χ0) is 17.0. The fourth-order valence-electron chi connectivity index (χ4n) is 3.75. The lowest BCUT2D eigenvalue weighted by atomic mass is 9.73. The summed E-state index contributed by atoms with van der Waals surface area (Å²) in [5, 5.41) is 0. The van der Waals surface area contributed by atoms with Gasteiger partial charge in [-0.15, -0.1) is 0 Å². The number of nitrogens with zero attached hydrogens (tertiary/aromatic N) is 2. The average Bonchev–Trinajstić information content (AvgIpc) is 3.12. The predicted molar refractivity (Wildman–Crippen MR) is 90.0 cm³/mol. The summed E-state index contributed by atoms with van der Waals surface area (Å²) in [4.78, 5) is 16.7. The van der Waals surface area contributed by atoms with Crippen molar-refractivity contribution in [1.82, 2.24) is 9.80 Å². The topological polar surface area (TPSA) is 55.2 Å². The Hall–Kier alpha value is -1.37. The third-order valence-corrected chi connectivity index (χ3v) is 5.08. The average molecular weight is 336 g/mol. The van der Waals surface area contributed by atoms with Crippen LogP contribution in [0, 0.1) is 5.41 Å². The van der Waals surface area contributed by atoms with Crippen molar-refractivity contribution in [2.24, 2.45) is 5.41 Å². The molecule has 24 heavy (non-hydrogen) atoms. The van der Waals surface area contributed by atoms with Crippen molar-refractivity contribution in [3.8, 4) is 0 Å². The molecule has 2 aliphatic rings. The standard InChI is InChI=1S/C18H28N2O4/c1-19(2)9-12-22-14-18-7-4-11-24-16(18)6-8-20(13-18)17(21)15-5-3-10-23-15/h3,5,10,16H,4,6-9,11-14H2,1-2H3/t16-,18-/m1/s1. The van der Waals surface area contributed by atoms with Crippen molar-refractivity contribution in [2.75, 3.05) is 53.6 Å². The largest absolute Gasteiger partial charge is 0.459 e. The van der Waals surface area contributed by atoms with Crippen molar-refractivity contribution in [1.29, 1.82) is 0 Å². The summed E-state index contributed by atoms with van der Waals surface area (Å²) in [6, 6.07) is 3.48. The lowest BCUT2D eigenvalue weighted by Gasteiger charge is -2.50. The van der Waals surface area contributed by atoms with Gasteiger partial charge in [0, 0.05) is 31.7 Å². The minimum absolute atomic E-state index is 0.0308. The number of carbonyl (C=O) groups excluding carboxylic acids is 1. The predicted octanol–water partition coefficient (Wildman–Crippen LogP) is 1.87. The van der Waals surface area contributed by atoms with Crippen LogP contribution in [-0.4, -0.2) is 75.4 Å². The molecule has 2 saturated heterocycles. The smallest absolute Gasteiger partial charge is 0.289 e. The molecule has 3 rings (SSSR count). The minimum Gasteiger partial charge on any atom is -0.459 e. The highest BCUT2D eigenvalue weighted by atomic mass is 16.5. The van der Waals surface area contributed by atoms with E-state index >= 15 is 0 Å². The number of piperidine rings is 1. The number of likely N-dealkylation sites (N-methyl/N-ethyl adjacent to an activating group) is 1. The number of likely N-dealkylation sites (tertiary alicyclic amines) is 1. The van der Waals surface area contributed by atoms with Crippen molar-refractivity contribution >= 4 is 5.91 Å². The van der Waals surface area contributed by atoms with Gasteiger partial charge < -0.3 is 23.7 Å². The highest BCUT2D eigenvalue weighted by molar-refractivity contribution is 5.91. The normalized spacial score (nSPS) is 27.3. The third kappa shape index (κ3) is 3.82. The third-order valence-electron chi connectivity index (χ3n) is 5.08. The van der Waals surface area contributed by atoms with Crippen LogP contribution in [0.2, 0.25) is 0 Å². The van der Waals surface area contributed by atoms with Gasteiger partial charge in [-0.3, -0.25) is 4.79 Å². The van der Waals surface area contributed by atoms with Gasteiger partial charge in [0.05, 0.1) is 25.6 Å². The molecule has 134 valence electrons. The van der Waals surface area contributed by atoms with Crippen LogP contribution in [-0.2, 0) is 9.47 Å².